The van der Waals surface area contributed by atoms with Crippen molar-refractivity contribution in [3.8, 4) is 0 Å². The van der Waals surface area contributed by atoms with E-state index in [-0.39, 0.29) is 0 Å². The maximum atomic E-state index is 12.2. The number of hydrogen-bond donors (Lipinski definition) is 2. The van der Waals surface area contributed by atoms with Crippen LogP contribution in [0.25, 0.3) is 0 Å². The molecule has 0 radical (unpaired) electrons. The van der Waals surface area contributed by atoms with Gasteiger partial charge in [-0.05, 0) is 43.4 Å². The zero-order chi connectivity index (χ0) is 14.6. The lowest BCUT2D eigenvalue weighted by Crippen LogP contribution is -2.28. The van der Waals surface area contributed by atoms with Crippen molar-refractivity contribution < 1.29 is 8.42 Å². The molecule has 0 aromatic carbocycles. The third-order valence-corrected chi connectivity index (χ3v) is 6.82. The van der Waals surface area contributed by atoms with Gasteiger partial charge in [-0.25, -0.2) is 13.1 Å². The highest BCUT2D eigenvalue weighted by Gasteiger charge is 2.24. The molecule has 1 aliphatic rings. The van der Waals surface area contributed by atoms with E-state index in [2.05, 4.69) is 17.0 Å². The van der Waals surface area contributed by atoms with Crippen LogP contribution in [-0.2, 0) is 16.6 Å². The van der Waals surface area contributed by atoms with Gasteiger partial charge in [-0.2, -0.15) is 0 Å². The Morgan fingerprint density at radius 3 is 2.80 bits per heavy atom. The average molecular weight is 316 g/mol. The second kappa shape index (κ2) is 7.02. The molecule has 0 aliphatic heterocycles. The molecule has 2 N–H and O–H groups in total. The summed E-state index contributed by atoms with van der Waals surface area (Å²) in [7, 11) is -3.33. The summed E-state index contributed by atoms with van der Waals surface area (Å²) in [6.07, 6.45) is 3.50. The summed E-state index contributed by atoms with van der Waals surface area (Å²) in [6.45, 7) is 6.47. The molecule has 1 saturated carbocycles. The van der Waals surface area contributed by atoms with Gasteiger partial charge in [0.15, 0.2) is 0 Å². The number of sulfonamides is 1. The fourth-order valence-electron chi connectivity index (χ4n) is 2.65. The van der Waals surface area contributed by atoms with Gasteiger partial charge in [-0.1, -0.05) is 20.3 Å². The highest BCUT2D eigenvalue weighted by Crippen LogP contribution is 2.30. The highest BCUT2D eigenvalue weighted by molar-refractivity contribution is 7.91. The van der Waals surface area contributed by atoms with E-state index in [1.54, 1.807) is 6.07 Å². The first-order chi connectivity index (χ1) is 9.51. The van der Waals surface area contributed by atoms with Crippen LogP contribution in [0.4, 0.5) is 0 Å². The molecule has 0 amide bonds. The lowest BCUT2D eigenvalue weighted by molar-refractivity contribution is 0.499. The van der Waals surface area contributed by atoms with Gasteiger partial charge in [0.1, 0.15) is 4.21 Å². The summed E-state index contributed by atoms with van der Waals surface area (Å²) in [4.78, 5) is 1.06. The topological polar surface area (TPSA) is 58.2 Å². The first-order valence-electron chi connectivity index (χ1n) is 7.30. The van der Waals surface area contributed by atoms with Crippen molar-refractivity contribution in [3.63, 3.8) is 0 Å². The summed E-state index contributed by atoms with van der Waals surface area (Å²) in [5.41, 5.74) is 0. The summed E-state index contributed by atoms with van der Waals surface area (Å²) in [5, 5.41) is 3.21. The molecule has 6 heteroatoms. The lowest BCUT2D eigenvalue weighted by Gasteiger charge is -2.10. The molecule has 4 nitrogen and oxygen atoms in total. The molecule has 1 aromatic rings. The Kier molecular flexibility index (Phi) is 5.60. The van der Waals surface area contributed by atoms with Crippen LogP contribution in [-0.4, -0.2) is 21.5 Å². The number of nitrogens with one attached hydrogen (secondary N) is 2. The smallest absolute Gasteiger partial charge is 0.250 e. The van der Waals surface area contributed by atoms with Crippen molar-refractivity contribution in [1.82, 2.24) is 10.0 Å². The highest BCUT2D eigenvalue weighted by atomic mass is 32.2. The van der Waals surface area contributed by atoms with Crippen molar-refractivity contribution in [2.24, 2.45) is 11.8 Å². The van der Waals surface area contributed by atoms with Crippen molar-refractivity contribution in [3.05, 3.63) is 17.0 Å². The quantitative estimate of drug-likeness (QED) is 0.813. The molecule has 0 spiro atoms. The Hall–Kier alpha value is -0.430. The van der Waals surface area contributed by atoms with Crippen LogP contribution in [0.1, 0.15) is 38.0 Å². The number of rotatable bonds is 7. The minimum absolute atomic E-state index is 0.427. The zero-order valence-electron chi connectivity index (χ0n) is 12.2. The Labute approximate surface area is 126 Å². The van der Waals surface area contributed by atoms with E-state index in [1.165, 1.54) is 17.8 Å². The van der Waals surface area contributed by atoms with Crippen LogP contribution >= 0.6 is 11.3 Å². The summed E-state index contributed by atoms with van der Waals surface area (Å²) in [5.74, 6) is 1.24. The predicted molar refractivity (Wildman–Crippen MR) is 83.4 cm³/mol. The molecule has 2 unspecified atom stereocenters. The summed E-state index contributed by atoms with van der Waals surface area (Å²) < 4.78 is 27.7. The molecular formula is C14H24N2O2S2. The first-order valence-corrected chi connectivity index (χ1v) is 9.60. The van der Waals surface area contributed by atoms with Crippen LogP contribution in [0.2, 0.25) is 0 Å². The molecule has 1 aliphatic carbocycles. The standard InChI is InChI=1S/C14H24N2O2S2/c1-3-15-10-13-6-7-14(19-13)20(17,18)16-9-12-5-4-11(2)8-12/h6-7,11-12,15-16H,3-5,8-10H2,1-2H3. The van der Waals surface area contributed by atoms with Gasteiger partial charge in [-0.3, -0.25) is 0 Å². The Morgan fingerprint density at radius 2 is 2.15 bits per heavy atom. The minimum atomic E-state index is -3.33. The molecule has 20 heavy (non-hydrogen) atoms. The fourth-order valence-corrected chi connectivity index (χ4v) is 5.14. The van der Waals surface area contributed by atoms with Gasteiger partial charge >= 0.3 is 0 Å². The van der Waals surface area contributed by atoms with E-state index >= 15 is 0 Å². The van der Waals surface area contributed by atoms with E-state index in [4.69, 9.17) is 0 Å². The lowest BCUT2D eigenvalue weighted by atomic mass is 10.1. The maximum Gasteiger partial charge on any atom is 0.250 e. The van der Waals surface area contributed by atoms with Gasteiger partial charge in [0, 0.05) is 18.0 Å². The molecule has 1 fully saturated rings. The fraction of sp³-hybridized carbons (Fsp3) is 0.714. The van der Waals surface area contributed by atoms with Gasteiger partial charge in [0.25, 0.3) is 0 Å². The van der Waals surface area contributed by atoms with Crippen LogP contribution in [0.5, 0.6) is 0 Å². The van der Waals surface area contributed by atoms with Gasteiger partial charge < -0.3 is 5.32 Å². The van der Waals surface area contributed by atoms with Crippen molar-refractivity contribution in [1.29, 1.82) is 0 Å². The van der Waals surface area contributed by atoms with E-state index in [9.17, 15) is 8.42 Å². The number of thiophene rings is 1. The molecule has 0 bridgehead atoms. The Balaban J connectivity index is 1.90. The van der Waals surface area contributed by atoms with E-state index in [0.717, 1.165) is 36.7 Å². The third kappa shape index (κ3) is 4.28. The summed E-state index contributed by atoms with van der Waals surface area (Å²) >= 11 is 1.35. The largest absolute Gasteiger partial charge is 0.312 e. The van der Waals surface area contributed by atoms with Crippen LogP contribution in [0, 0.1) is 11.8 Å². The first kappa shape index (κ1) is 15.9. The Bertz CT molecular complexity index is 525. The monoisotopic (exact) mass is 316 g/mol. The maximum absolute atomic E-state index is 12.2. The molecule has 114 valence electrons. The van der Waals surface area contributed by atoms with Crippen molar-refractivity contribution in [2.45, 2.75) is 43.9 Å². The van der Waals surface area contributed by atoms with Crippen LogP contribution in [0.15, 0.2) is 16.3 Å². The molecule has 2 atom stereocenters. The van der Waals surface area contributed by atoms with Crippen LogP contribution < -0.4 is 10.0 Å². The SMILES string of the molecule is CCNCc1ccc(S(=O)(=O)NCC2CCC(C)C2)s1. The molecule has 2 rings (SSSR count). The van der Waals surface area contributed by atoms with Crippen molar-refractivity contribution in [2.75, 3.05) is 13.1 Å². The van der Waals surface area contributed by atoms with Gasteiger partial charge in [0.2, 0.25) is 10.0 Å². The predicted octanol–water partition coefficient (Wildman–Crippen LogP) is 2.57. The molecule has 1 heterocycles. The summed E-state index contributed by atoms with van der Waals surface area (Å²) in [6, 6.07) is 3.59. The second-order valence-electron chi connectivity index (χ2n) is 5.64. The normalized spacial score (nSPS) is 23.3. The third-order valence-electron chi connectivity index (χ3n) is 3.82. The van der Waals surface area contributed by atoms with Gasteiger partial charge in [-0.15, -0.1) is 11.3 Å². The van der Waals surface area contributed by atoms with E-state index in [1.807, 2.05) is 13.0 Å². The van der Waals surface area contributed by atoms with Crippen LogP contribution in [0.3, 0.4) is 0 Å². The van der Waals surface area contributed by atoms with Gasteiger partial charge in [0.05, 0.1) is 0 Å². The second-order valence-corrected chi connectivity index (χ2v) is 8.80. The Morgan fingerprint density at radius 1 is 1.35 bits per heavy atom. The molecular weight excluding hydrogens is 292 g/mol. The van der Waals surface area contributed by atoms with E-state index < -0.39 is 10.0 Å². The minimum Gasteiger partial charge on any atom is -0.312 e. The van der Waals surface area contributed by atoms with E-state index in [0.29, 0.717) is 16.7 Å². The molecule has 1 aromatic heterocycles. The number of hydrogen-bond acceptors (Lipinski definition) is 4. The van der Waals surface area contributed by atoms with Crippen molar-refractivity contribution >= 4 is 21.4 Å². The average Bonchev–Trinajstić information content (AvgIpc) is 3.03. The zero-order valence-corrected chi connectivity index (χ0v) is 13.8. The molecule has 0 saturated heterocycles.